The Labute approximate surface area is 115 Å². The topological polar surface area (TPSA) is 61.5 Å². The number of halogens is 1. The van der Waals surface area contributed by atoms with Crippen LogP contribution in [0.25, 0.3) is 0 Å². The molecule has 20 heavy (non-hydrogen) atoms. The summed E-state index contributed by atoms with van der Waals surface area (Å²) in [4.78, 5) is 11.4. The predicted molar refractivity (Wildman–Crippen MR) is 73.4 cm³/mol. The standard InChI is InChI=1S/C15H14FNO3/c1-9-3-5-11(8-12(9)16)20-14-7-10(15(18)19-2)4-6-13(14)17/h3-8H,17H2,1-2H3. The SMILES string of the molecule is COC(=O)c1ccc(N)c(Oc2ccc(C)c(F)c2)c1. The van der Waals surface area contributed by atoms with E-state index < -0.39 is 5.97 Å². The molecule has 0 fully saturated rings. The molecule has 0 spiro atoms. The third kappa shape index (κ3) is 2.88. The number of hydrogen-bond acceptors (Lipinski definition) is 4. The minimum absolute atomic E-state index is 0.274. The number of ether oxygens (including phenoxy) is 2. The maximum atomic E-state index is 13.5. The summed E-state index contributed by atoms with van der Waals surface area (Å²) in [7, 11) is 1.29. The van der Waals surface area contributed by atoms with Crippen LogP contribution in [-0.4, -0.2) is 13.1 Å². The van der Waals surface area contributed by atoms with Crippen LogP contribution in [0.15, 0.2) is 36.4 Å². The molecule has 0 amide bonds. The molecule has 2 rings (SSSR count). The van der Waals surface area contributed by atoms with E-state index >= 15 is 0 Å². The average molecular weight is 275 g/mol. The normalized spacial score (nSPS) is 10.2. The molecule has 5 heteroatoms. The summed E-state index contributed by atoms with van der Waals surface area (Å²) in [5, 5.41) is 0. The predicted octanol–water partition coefficient (Wildman–Crippen LogP) is 3.30. The number of nitrogens with two attached hydrogens (primary N) is 1. The lowest BCUT2D eigenvalue weighted by molar-refractivity contribution is 0.0600. The van der Waals surface area contributed by atoms with Gasteiger partial charge in [0.05, 0.1) is 18.4 Å². The van der Waals surface area contributed by atoms with Crippen LogP contribution in [0.4, 0.5) is 10.1 Å². The minimum atomic E-state index is -0.495. The van der Waals surface area contributed by atoms with Crippen LogP contribution in [0.1, 0.15) is 15.9 Å². The zero-order valence-corrected chi connectivity index (χ0v) is 11.1. The molecule has 0 unspecified atom stereocenters. The second-order valence-corrected chi connectivity index (χ2v) is 4.26. The molecule has 2 aromatic carbocycles. The number of nitrogen functional groups attached to an aromatic ring is 1. The third-order valence-corrected chi connectivity index (χ3v) is 2.81. The van der Waals surface area contributed by atoms with Crippen molar-refractivity contribution >= 4 is 11.7 Å². The molecule has 0 aliphatic carbocycles. The highest BCUT2D eigenvalue weighted by Gasteiger charge is 2.10. The van der Waals surface area contributed by atoms with Crippen molar-refractivity contribution < 1.29 is 18.7 Å². The fraction of sp³-hybridized carbons (Fsp3) is 0.133. The monoisotopic (exact) mass is 275 g/mol. The van der Waals surface area contributed by atoms with Crippen molar-refractivity contribution in [2.75, 3.05) is 12.8 Å². The van der Waals surface area contributed by atoms with Crippen molar-refractivity contribution in [1.29, 1.82) is 0 Å². The molecule has 0 heterocycles. The number of rotatable bonds is 3. The summed E-state index contributed by atoms with van der Waals surface area (Å²) in [5.41, 5.74) is 6.95. The van der Waals surface area contributed by atoms with Crippen molar-refractivity contribution in [1.82, 2.24) is 0 Å². The lowest BCUT2D eigenvalue weighted by Gasteiger charge is -2.10. The molecule has 0 bridgehead atoms. The van der Waals surface area contributed by atoms with Crippen LogP contribution in [0.5, 0.6) is 11.5 Å². The van der Waals surface area contributed by atoms with Gasteiger partial charge in [0.1, 0.15) is 11.6 Å². The van der Waals surface area contributed by atoms with E-state index in [1.165, 1.54) is 31.4 Å². The number of methoxy groups -OCH3 is 1. The van der Waals surface area contributed by atoms with Crippen LogP contribution < -0.4 is 10.5 Å². The van der Waals surface area contributed by atoms with Gasteiger partial charge in [-0.05, 0) is 36.8 Å². The number of esters is 1. The number of carbonyl (C=O) groups excluding carboxylic acids is 1. The van der Waals surface area contributed by atoms with E-state index in [2.05, 4.69) is 4.74 Å². The highest BCUT2D eigenvalue weighted by atomic mass is 19.1. The Morgan fingerprint density at radius 1 is 1.20 bits per heavy atom. The average Bonchev–Trinajstić information content (AvgIpc) is 2.44. The molecule has 0 aromatic heterocycles. The first-order valence-corrected chi connectivity index (χ1v) is 5.93. The van der Waals surface area contributed by atoms with Gasteiger partial charge in [0.15, 0.2) is 5.75 Å². The van der Waals surface area contributed by atoms with E-state index in [1.54, 1.807) is 19.1 Å². The second kappa shape index (κ2) is 5.61. The van der Waals surface area contributed by atoms with Gasteiger partial charge < -0.3 is 15.2 Å². The Morgan fingerprint density at radius 3 is 2.60 bits per heavy atom. The van der Waals surface area contributed by atoms with Crippen LogP contribution in [0, 0.1) is 12.7 Å². The quantitative estimate of drug-likeness (QED) is 0.689. The Bertz CT molecular complexity index is 656. The number of hydrogen-bond donors (Lipinski definition) is 1. The minimum Gasteiger partial charge on any atom is -0.465 e. The van der Waals surface area contributed by atoms with E-state index in [0.717, 1.165) is 0 Å². The number of carbonyl (C=O) groups is 1. The molecular weight excluding hydrogens is 261 g/mol. The molecule has 0 atom stereocenters. The first-order chi connectivity index (χ1) is 9.51. The fourth-order valence-corrected chi connectivity index (χ4v) is 1.63. The van der Waals surface area contributed by atoms with E-state index in [0.29, 0.717) is 22.6 Å². The van der Waals surface area contributed by atoms with Crippen molar-refractivity contribution in [3.63, 3.8) is 0 Å². The summed E-state index contributed by atoms with van der Waals surface area (Å²) < 4.78 is 23.6. The molecule has 0 aliphatic rings. The smallest absolute Gasteiger partial charge is 0.337 e. The summed E-state index contributed by atoms with van der Waals surface area (Å²) in [6, 6.07) is 9.02. The van der Waals surface area contributed by atoms with Crippen molar-refractivity contribution in [3.05, 3.63) is 53.3 Å². The maximum absolute atomic E-state index is 13.5. The van der Waals surface area contributed by atoms with Crippen molar-refractivity contribution in [2.24, 2.45) is 0 Å². The van der Waals surface area contributed by atoms with E-state index in [9.17, 15) is 9.18 Å². The van der Waals surface area contributed by atoms with Gasteiger partial charge in [0, 0.05) is 6.07 Å². The molecule has 0 saturated heterocycles. The van der Waals surface area contributed by atoms with Crippen LogP contribution in [0.3, 0.4) is 0 Å². The number of aryl methyl sites for hydroxylation is 1. The summed E-state index contributed by atoms with van der Waals surface area (Å²) in [6.45, 7) is 1.66. The van der Waals surface area contributed by atoms with Crippen LogP contribution >= 0.6 is 0 Å². The number of benzene rings is 2. The lowest BCUT2D eigenvalue weighted by atomic mass is 10.2. The van der Waals surface area contributed by atoms with Gasteiger partial charge >= 0.3 is 5.97 Å². The Kier molecular flexibility index (Phi) is 3.89. The van der Waals surface area contributed by atoms with E-state index in [-0.39, 0.29) is 11.6 Å². The highest BCUT2D eigenvalue weighted by Crippen LogP contribution is 2.29. The molecular formula is C15H14FNO3. The van der Waals surface area contributed by atoms with Crippen LogP contribution in [-0.2, 0) is 4.74 Å². The van der Waals surface area contributed by atoms with Gasteiger partial charge in [-0.2, -0.15) is 0 Å². The van der Waals surface area contributed by atoms with Gasteiger partial charge in [-0.15, -0.1) is 0 Å². The fourth-order valence-electron chi connectivity index (χ4n) is 1.63. The second-order valence-electron chi connectivity index (χ2n) is 4.26. The Morgan fingerprint density at radius 2 is 1.95 bits per heavy atom. The lowest BCUT2D eigenvalue weighted by Crippen LogP contribution is -2.02. The first-order valence-electron chi connectivity index (χ1n) is 5.93. The van der Waals surface area contributed by atoms with Gasteiger partial charge in [0.25, 0.3) is 0 Å². The van der Waals surface area contributed by atoms with Crippen LogP contribution in [0.2, 0.25) is 0 Å². The maximum Gasteiger partial charge on any atom is 0.337 e. The van der Waals surface area contributed by atoms with E-state index in [1.807, 2.05) is 0 Å². The van der Waals surface area contributed by atoms with Gasteiger partial charge in [-0.1, -0.05) is 6.07 Å². The zero-order chi connectivity index (χ0) is 14.7. The molecule has 2 aromatic rings. The largest absolute Gasteiger partial charge is 0.465 e. The van der Waals surface area contributed by atoms with Gasteiger partial charge in [-0.3, -0.25) is 0 Å². The highest BCUT2D eigenvalue weighted by molar-refractivity contribution is 5.90. The first kappa shape index (κ1) is 13.9. The molecule has 0 saturated carbocycles. The van der Waals surface area contributed by atoms with Gasteiger partial charge in [0.2, 0.25) is 0 Å². The summed E-state index contributed by atoms with van der Waals surface area (Å²) in [6.07, 6.45) is 0. The zero-order valence-electron chi connectivity index (χ0n) is 11.1. The summed E-state index contributed by atoms with van der Waals surface area (Å²) >= 11 is 0. The third-order valence-electron chi connectivity index (χ3n) is 2.81. The summed E-state index contributed by atoms with van der Waals surface area (Å²) in [5.74, 6) is -0.284. The molecule has 4 nitrogen and oxygen atoms in total. The molecule has 104 valence electrons. The number of anilines is 1. The molecule has 0 aliphatic heterocycles. The van der Waals surface area contributed by atoms with E-state index in [4.69, 9.17) is 10.5 Å². The molecule has 2 N–H and O–H groups in total. The van der Waals surface area contributed by atoms with Crippen molar-refractivity contribution in [2.45, 2.75) is 6.92 Å². The van der Waals surface area contributed by atoms with Gasteiger partial charge in [-0.25, -0.2) is 9.18 Å². The Hall–Kier alpha value is -2.56. The van der Waals surface area contributed by atoms with Crippen molar-refractivity contribution in [3.8, 4) is 11.5 Å². The Balaban J connectivity index is 2.32. The molecule has 0 radical (unpaired) electrons.